The molecule has 1 aliphatic rings. The third-order valence-electron chi connectivity index (χ3n) is 2.33. The molecule has 0 spiro atoms. The molecule has 0 radical (unpaired) electrons. The second-order valence-electron chi connectivity index (χ2n) is 4.50. The van der Waals surface area contributed by atoms with Gasteiger partial charge < -0.3 is 0 Å². The fourth-order valence-electron chi connectivity index (χ4n) is 1.71. The molecular weight excluding hydrogens is 198 g/mol. The Bertz CT molecular complexity index is 153. The molecule has 1 atom stereocenters. The molecule has 0 saturated carbocycles. The number of rotatable bonds is 1. The van der Waals surface area contributed by atoms with Gasteiger partial charge in [-0.15, -0.1) is 11.8 Å². The van der Waals surface area contributed by atoms with Crippen LogP contribution in [0.25, 0.3) is 0 Å². The molecular formula is C10H21NS2. The summed E-state index contributed by atoms with van der Waals surface area (Å²) in [5.74, 6) is 1.33. The lowest BCUT2D eigenvalue weighted by Gasteiger charge is -2.38. The minimum absolute atomic E-state index is 0.316. The molecule has 0 N–H and O–H groups in total. The van der Waals surface area contributed by atoms with Crippen LogP contribution in [-0.2, 0) is 0 Å². The molecule has 1 aliphatic heterocycles. The highest BCUT2D eigenvalue weighted by Crippen LogP contribution is 2.34. The third kappa shape index (κ3) is 3.37. The monoisotopic (exact) mass is 219 g/mol. The summed E-state index contributed by atoms with van der Waals surface area (Å²) >= 11 is 4.10. The van der Waals surface area contributed by atoms with Gasteiger partial charge in [-0.05, 0) is 39.4 Å². The first kappa shape index (κ1) is 11.7. The van der Waals surface area contributed by atoms with E-state index in [1.165, 1.54) is 23.7 Å². The molecule has 0 bridgehead atoms. The van der Waals surface area contributed by atoms with Crippen LogP contribution in [0.15, 0.2) is 0 Å². The molecule has 78 valence electrons. The molecule has 1 heterocycles. The van der Waals surface area contributed by atoms with Gasteiger partial charge in [-0.1, -0.05) is 18.9 Å². The Morgan fingerprint density at radius 2 is 2.08 bits per heavy atom. The normalized spacial score (nSPS) is 27.2. The molecule has 1 rings (SSSR count). The van der Waals surface area contributed by atoms with Gasteiger partial charge in [0.1, 0.15) is 0 Å². The molecule has 0 amide bonds. The topological polar surface area (TPSA) is 3.24 Å². The van der Waals surface area contributed by atoms with Gasteiger partial charge in [0.05, 0.1) is 5.08 Å². The molecule has 3 heteroatoms. The Kier molecular flexibility index (Phi) is 4.46. The van der Waals surface area contributed by atoms with Crippen molar-refractivity contribution >= 4 is 23.7 Å². The van der Waals surface area contributed by atoms with Gasteiger partial charge in [0.25, 0.3) is 0 Å². The van der Waals surface area contributed by atoms with Crippen molar-refractivity contribution in [2.24, 2.45) is 0 Å². The largest absolute Gasteiger partial charge is 0.242 e. The maximum Gasteiger partial charge on any atom is 0.0540 e. The molecule has 1 saturated heterocycles. The van der Waals surface area contributed by atoms with E-state index in [2.05, 4.69) is 43.8 Å². The van der Waals surface area contributed by atoms with Crippen molar-refractivity contribution in [1.29, 1.82) is 0 Å². The van der Waals surface area contributed by atoms with Crippen LogP contribution in [0.3, 0.4) is 0 Å². The molecule has 0 aliphatic carbocycles. The Hall–Kier alpha value is 0.660. The first-order valence-electron chi connectivity index (χ1n) is 5.05. The zero-order valence-corrected chi connectivity index (χ0v) is 10.8. The van der Waals surface area contributed by atoms with Crippen molar-refractivity contribution in [3.8, 4) is 0 Å². The van der Waals surface area contributed by atoms with Gasteiger partial charge in [0.15, 0.2) is 0 Å². The van der Waals surface area contributed by atoms with Crippen LogP contribution in [0, 0.1) is 0 Å². The lowest BCUT2D eigenvalue weighted by Crippen LogP contribution is -2.42. The predicted octanol–water partition coefficient (Wildman–Crippen LogP) is 3.61. The molecule has 0 aromatic carbocycles. The number of hydrogen-bond donors (Lipinski definition) is 0. The van der Waals surface area contributed by atoms with Crippen molar-refractivity contribution in [2.45, 2.75) is 52.1 Å². The summed E-state index contributed by atoms with van der Waals surface area (Å²) in [5.41, 5.74) is 0.316. The lowest BCUT2D eigenvalue weighted by molar-refractivity contribution is 0.202. The fraction of sp³-hybridized carbons (Fsp3) is 1.00. The number of thioether (sulfide) groups is 1. The summed E-state index contributed by atoms with van der Waals surface area (Å²) in [7, 11) is 0. The number of nitrogens with zero attached hydrogens (tertiary/aromatic N) is 1. The van der Waals surface area contributed by atoms with Gasteiger partial charge in [0, 0.05) is 11.6 Å². The molecule has 0 aromatic heterocycles. The smallest absolute Gasteiger partial charge is 0.0540 e. The van der Waals surface area contributed by atoms with Gasteiger partial charge in [0.2, 0.25) is 0 Å². The van der Waals surface area contributed by atoms with E-state index in [1.807, 2.05) is 11.9 Å². The fourth-order valence-corrected chi connectivity index (χ4v) is 4.22. The minimum atomic E-state index is 0.316. The van der Waals surface area contributed by atoms with E-state index in [4.69, 9.17) is 0 Å². The number of hydrogen-bond acceptors (Lipinski definition) is 3. The van der Waals surface area contributed by atoms with E-state index in [0.717, 1.165) is 6.04 Å². The zero-order chi connectivity index (χ0) is 9.90. The summed E-state index contributed by atoms with van der Waals surface area (Å²) in [6.45, 7) is 9.26. The Labute approximate surface area is 91.2 Å². The Balaban J connectivity index is 2.65. The van der Waals surface area contributed by atoms with Crippen LogP contribution in [0.5, 0.6) is 0 Å². The summed E-state index contributed by atoms with van der Waals surface area (Å²) in [4.78, 5) is 0. The molecule has 0 aromatic rings. The van der Waals surface area contributed by atoms with Crippen LogP contribution < -0.4 is 0 Å². The average molecular weight is 219 g/mol. The van der Waals surface area contributed by atoms with E-state index in [9.17, 15) is 0 Å². The summed E-state index contributed by atoms with van der Waals surface area (Å²) in [5, 5.41) is 1.23. The van der Waals surface area contributed by atoms with Crippen LogP contribution in [0.4, 0.5) is 0 Å². The second-order valence-corrected chi connectivity index (χ2v) is 6.91. The highest BCUT2D eigenvalue weighted by Gasteiger charge is 2.29. The van der Waals surface area contributed by atoms with Crippen LogP contribution in [0.1, 0.15) is 40.5 Å². The maximum atomic E-state index is 2.60. The van der Waals surface area contributed by atoms with Crippen LogP contribution in [-0.4, -0.2) is 26.7 Å². The second kappa shape index (κ2) is 4.94. The first-order chi connectivity index (χ1) is 6.05. The summed E-state index contributed by atoms with van der Waals surface area (Å²) < 4.78 is 2.60. The van der Waals surface area contributed by atoms with Gasteiger partial charge in [-0.2, -0.15) is 0 Å². The molecule has 1 unspecified atom stereocenters. The highest BCUT2D eigenvalue weighted by atomic mass is 32.2. The quantitative estimate of drug-likeness (QED) is 0.620. The molecule has 13 heavy (non-hydrogen) atoms. The zero-order valence-electron chi connectivity index (χ0n) is 9.17. The molecule has 1 fully saturated rings. The van der Waals surface area contributed by atoms with Crippen molar-refractivity contribution in [3.63, 3.8) is 0 Å². The molecule has 1 nitrogen and oxygen atoms in total. The van der Waals surface area contributed by atoms with Crippen molar-refractivity contribution < 1.29 is 0 Å². The highest BCUT2D eigenvalue weighted by molar-refractivity contribution is 8.15. The van der Waals surface area contributed by atoms with Gasteiger partial charge in [-0.3, -0.25) is 0 Å². The standard InChI is InChI=1S/C10H21NS2/c1-5-9-6-7-12-8-13-11(9)10(2,3)4/h9H,5-8H2,1-4H3. The SMILES string of the molecule is CCC1CCSCSN1C(C)(C)C. The van der Waals surface area contributed by atoms with Crippen LogP contribution >= 0.6 is 23.7 Å². The predicted molar refractivity (Wildman–Crippen MR) is 65.2 cm³/mol. The lowest BCUT2D eigenvalue weighted by atomic mass is 10.0. The van der Waals surface area contributed by atoms with E-state index in [1.54, 1.807) is 0 Å². The Morgan fingerprint density at radius 3 is 2.62 bits per heavy atom. The van der Waals surface area contributed by atoms with Crippen molar-refractivity contribution in [2.75, 3.05) is 10.8 Å². The first-order valence-corrected chi connectivity index (χ1v) is 7.15. The minimum Gasteiger partial charge on any atom is -0.242 e. The summed E-state index contributed by atoms with van der Waals surface area (Å²) in [6.07, 6.45) is 2.64. The van der Waals surface area contributed by atoms with Crippen molar-refractivity contribution in [3.05, 3.63) is 0 Å². The van der Waals surface area contributed by atoms with Gasteiger partial charge >= 0.3 is 0 Å². The Morgan fingerprint density at radius 1 is 1.38 bits per heavy atom. The van der Waals surface area contributed by atoms with E-state index in [0.29, 0.717) is 5.54 Å². The van der Waals surface area contributed by atoms with E-state index >= 15 is 0 Å². The van der Waals surface area contributed by atoms with Crippen molar-refractivity contribution in [1.82, 2.24) is 4.31 Å². The average Bonchev–Trinajstić information content (AvgIpc) is 2.26. The maximum absolute atomic E-state index is 2.60. The van der Waals surface area contributed by atoms with E-state index in [-0.39, 0.29) is 0 Å². The van der Waals surface area contributed by atoms with E-state index < -0.39 is 0 Å². The summed E-state index contributed by atoms with van der Waals surface area (Å²) in [6, 6.07) is 0.778. The van der Waals surface area contributed by atoms with Crippen LogP contribution in [0.2, 0.25) is 0 Å². The third-order valence-corrected chi connectivity index (χ3v) is 5.07. The van der Waals surface area contributed by atoms with Gasteiger partial charge in [-0.25, -0.2) is 4.31 Å².